The molecule has 0 spiro atoms. The quantitative estimate of drug-likeness (QED) is 0.650. The number of ether oxygens (including phenoxy) is 1. The smallest absolute Gasteiger partial charge is 0.322 e. The van der Waals surface area contributed by atoms with E-state index in [2.05, 4.69) is 27.8 Å². The van der Waals surface area contributed by atoms with E-state index in [4.69, 9.17) is 4.74 Å². The van der Waals surface area contributed by atoms with Crippen LogP contribution in [0.25, 0.3) is 0 Å². The van der Waals surface area contributed by atoms with Gasteiger partial charge >= 0.3 is 6.03 Å². The molecule has 2 fully saturated rings. The van der Waals surface area contributed by atoms with E-state index in [0.29, 0.717) is 43.8 Å². The Morgan fingerprint density at radius 2 is 1.91 bits per heavy atom. The molecule has 168 valence electrons. The third kappa shape index (κ3) is 4.30. The van der Waals surface area contributed by atoms with Gasteiger partial charge in [-0.3, -0.25) is 14.9 Å². The van der Waals surface area contributed by atoms with Crippen LogP contribution in [0.3, 0.4) is 0 Å². The van der Waals surface area contributed by atoms with E-state index in [0.717, 1.165) is 12.8 Å². The first-order valence-corrected chi connectivity index (χ1v) is 11.0. The summed E-state index contributed by atoms with van der Waals surface area (Å²) < 4.78 is 5.22. The van der Waals surface area contributed by atoms with Gasteiger partial charge in [0.05, 0.1) is 7.11 Å². The van der Waals surface area contributed by atoms with Crippen molar-refractivity contribution in [2.24, 2.45) is 5.92 Å². The number of hydrogen-bond acceptors (Lipinski definition) is 5. The SMILES string of the molecule is COc1ncccc1C(=O)N1CCC([C@@]2(CCCc3ccccc3)NC(=O)NC2=O)CC1. The predicted molar refractivity (Wildman–Crippen MR) is 118 cm³/mol. The van der Waals surface area contributed by atoms with E-state index >= 15 is 0 Å². The number of nitrogens with one attached hydrogen (secondary N) is 2. The number of rotatable bonds is 7. The van der Waals surface area contributed by atoms with Gasteiger partial charge in [-0.25, -0.2) is 9.78 Å². The van der Waals surface area contributed by atoms with Crippen LogP contribution in [-0.2, 0) is 11.2 Å². The Hall–Kier alpha value is -3.42. The van der Waals surface area contributed by atoms with Gasteiger partial charge in [0, 0.05) is 19.3 Å². The Morgan fingerprint density at radius 1 is 1.16 bits per heavy atom. The van der Waals surface area contributed by atoms with Crippen LogP contribution in [0.5, 0.6) is 5.88 Å². The molecule has 0 bridgehead atoms. The molecule has 0 aliphatic carbocycles. The lowest BCUT2D eigenvalue weighted by atomic mass is 9.74. The van der Waals surface area contributed by atoms with E-state index in [9.17, 15) is 14.4 Å². The summed E-state index contributed by atoms with van der Waals surface area (Å²) in [6.07, 6.45) is 5.03. The van der Waals surface area contributed by atoms with Gasteiger partial charge in [0.2, 0.25) is 5.88 Å². The summed E-state index contributed by atoms with van der Waals surface area (Å²) in [4.78, 5) is 43.8. The number of carbonyl (C=O) groups excluding carboxylic acids is 3. The summed E-state index contributed by atoms with van der Waals surface area (Å²) in [6, 6.07) is 13.1. The van der Waals surface area contributed by atoms with Crippen LogP contribution in [0.2, 0.25) is 0 Å². The Morgan fingerprint density at radius 3 is 2.56 bits per heavy atom. The molecular formula is C24H28N4O4. The molecule has 2 aliphatic heterocycles. The molecule has 2 aromatic rings. The van der Waals surface area contributed by atoms with Crippen molar-refractivity contribution in [2.45, 2.75) is 37.6 Å². The number of piperidine rings is 1. The zero-order valence-electron chi connectivity index (χ0n) is 18.2. The van der Waals surface area contributed by atoms with Crippen molar-refractivity contribution in [1.82, 2.24) is 20.5 Å². The van der Waals surface area contributed by atoms with Crippen LogP contribution in [0.1, 0.15) is 41.6 Å². The average molecular weight is 437 g/mol. The number of methoxy groups -OCH3 is 1. The topological polar surface area (TPSA) is 101 Å². The number of amides is 4. The van der Waals surface area contributed by atoms with Crippen LogP contribution < -0.4 is 15.4 Å². The summed E-state index contributed by atoms with van der Waals surface area (Å²) >= 11 is 0. The van der Waals surface area contributed by atoms with Crippen molar-refractivity contribution in [3.05, 3.63) is 59.8 Å². The number of likely N-dealkylation sites (tertiary alicyclic amines) is 1. The second-order valence-corrected chi connectivity index (χ2v) is 8.35. The van der Waals surface area contributed by atoms with E-state index in [-0.39, 0.29) is 17.7 Å². The molecule has 1 aromatic carbocycles. The number of carbonyl (C=O) groups is 3. The number of benzene rings is 1. The third-order valence-electron chi connectivity index (χ3n) is 6.52. The summed E-state index contributed by atoms with van der Waals surface area (Å²) in [5.41, 5.74) is 0.712. The first-order chi connectivity index (χ1) is 15.5. The maximum atomic E-state index is 13.0. The van der Waals surface area contributed by atoms with Crippen molar-refractivity contribution >= 4 is 17.8 Å². The molecule has 0 saturated carbocycles. The fourth-order valence-corrected chi connectivity index (χ4v) is 4.85. The molecule has 32 heavy (non-hydrogen) atoms. The van der Waals surface area contributed by atoms with Crippen LogP contribution >= 0.6 is 0 Å². The largest absolute Gasteiger partial charge is 0.480 e. The van der Waals surface area contributed by atoms with Gasteiger partial charge in [0.15, 0.2) is 0 Å². The number of imide groups is 1. The lowest BCUT2D eigenvalue weighted by Crippen LogP contribution is -2.56. The highest BCUT2D eigenvalue weighted by molar-refractivity contribution is 6.07. The summed E-state index contributed by atoms with van der Waals surface area (Å²) in [7, 11) is 1.49. The van der Waals surface area contributed by atoms with Crippen LogP contribution in [-0.4, -0.2) is 53.5 Å². The van der Waals surface area contributed by atoms with E-state index in [1.807, 2.05) is 18.2 Å². The predicted octanol–water partition coefficient (Wildman–Crippen LogP) is 2.54. The lowest BCUT2D eigenvalue weighted by molar-refractivity contribution is -0.127. The minimum atomic E-state index is -0.924. The Bertz CT molecular complexity index is 989. The van der Waals surface area contributed by atoms with Crippen molar-refractivity contribution < 1.29 is 19.1 Å². The number of aryl methyl sites for hydroxylation is 1. The van der Waals surface area contributed by atoms with Crippen LogP contribution in [0, 0.1) is 5.92 Å². The molecule has 1 atom stereocenters. The molecule has 4 amide bonds. The summed E-state index contributed by atoms with van der Waals surface area (Å²) in [5.74, 6) is -0.121. The molecule has 2 N–H and O–H groups in total. The van der Waals surface area contributed by atoms with Gasteiger partial charge < -0.3 is 15.0 Å². The maximum Gasteiger partial charge on any atom is 0.322 e. The molecule has 8 nitrogen and oxygen atoms in total. The monoisotopic (exact) mass is 436 g/mol. The molecule has 1 aromatic heterocycles. The molecule has 3 heterocycles. The standard InChI is InChI=1S/C24H28N4O4/c1-32-20-19(10-6-14-25-20)21(29)28-15-11-18(12-16-28)24(22(30)26-23(31)27-24)13-5-9-17-7-3-2-4-8-17/h2-4,6-8,10,14,18H,5,9,11-13,15-16H2,1H3,(H2,26,27,30,31)/t24-/m1/s1. The van der Waals surface area contributed by atoms with Gasteiger partial charge in [0.25, 0.3) is 11.8 Å². The van der Waals surface area contributed by atoms with E-state index in [1.54, 1.807) is 23.2 Å². The Kier molecular flexibility index (Phi) is 6.39. The van der Waals surface area contributed by atoms with Crippen LogP contribution in [0.15, 0.2) is 48.7 Å². The minimum absolute atomic E-state index is 0.0374. The zero-order chi connectivity index (χ0) is 22.6. The normalized spacial score (nSPS) is 21.2. The first kappa shape index (κ1) is 21.8. The van der Waals surface area contributed by atoms with E-state index < -0.39 is 11.6 Å². The van der Waals surface area contributed by atoms with Gasteiger partial charge in [-0.2, -0.15) is 0 Å². The van der Waals surface area contributed by atoms with Crippen molar-refractivity contribution in [1.29, 1.82) is 0 Å². The molecule has 0 unspecified atom stereocenters. The summed E-state index contributed by atoms with van der Waals surface area (Å²) in [6.45, 7) is 1.01. The van der Waals surface area contributed by atoms with Gasteiger partial charge in [-0.15, -0.1) is 0 Å². The van der Waals surface area contributed by atoms with Gasteiger partial charge in [-0.1, -0.05) is 30.3 Å². The molecular weight excluding hydrogens is 408 g/mol. The lowest BCUT2D eigenvalue weighted by Gasteiger charge is -2.40. The van der Waals surface area contributed by atoms with Crippen LogP contribution in [0.4, 0.5) is 4.79 Å². The number of urea groups is 1. The van der Waals surface area contributed by atoms with Crippen molar-refractivity contribution in [3.63, 3.8) is 0 Å². The third-order valence-corrected chi connectivity index (χ3v) is 6.52. The van der Waals surface area contributed by atoms with Gasteiger partial charge in [-0.05, 0) is 55.7 Å². The number of nitrogens with zero attached hydrogens (tertiary/aromatic N) is 2. The highest BCUT2D eigenvalue weighted by Gasteiger charge is 2.51. The molecule has 2 aliphatic rings. The highest BCUT2D eigenvalue weighted by Crippen LogP contribution is 2.35. The summed E-state index contributed by atoms with van der Waals surface area (Å²) in [5, 5.41) is 5.37. The fourth-order valence-electron chi connectivity index (χ4n) is 4.85. The van der Waals surface area contributed by atoms with Gasteiger partial charge in [0.1, 0.15) is 11.1 Å². The minimum Gasteiger partial charge on any atom is -0.480 e. The molecule has 8 heteroatoms. The number of hydrogen-bond donors (Lipinski definition) is 2. The second kappa shape index (κ2) is 9.38. The average Bonchev–Trinajstić information content (AvgIpc) is 3.13. The van der Waals surface area contributed by atoms with Crippen molar-refractivity contribution in [3.8, 4) is 5.88 Å². The molecule has 4 rings (SSSR count). The van der Waals surface area contributed by atoms with Crippen molar-refractivity contribution in [2.75, 3.05) is 20.2 Å². The molecule has 2 saturated heterocycles. The maximum absolute atomic E-state index is 13.0. The zero-order valence-corrected chi connectivity index (χ0v) is 18.2. The Balaban J connectivity index is 1.43. The Labute approximate surface area is 187 Å². The fraction of sp³-hybridized carbons (Fsp3) is 0.417. The number of aromatic nitrogens is 1. The second-order valence-electron chi connectivity index (χ2n) is 8.35. The number of pyridine rings is 1. The molecule has 0 radical (unpaired) electrons. The highest BCUT2D eigenvalue weighted by atomic mass is 16.5. The first-order valence-electron chi connectivity index (χ1n) is 11.0. The van der Waals surface area contributed by atoms with E-state index in [1.165, 1.54) is 12.7 Å².